The molecule has 0 bridgehead atoms. The first-order valence-corrected chi connectivity index (χ1v) is 4.20. The van der Waals surface area contributed by atoms with Crippen molar-refractivity contribution in [2.24, 2.45) is 0 Å². The molecule has 0 spiro atoms. The summed E-state index contributed by atoms with van der Waals surface area (Å²) in [5.41, 5.74) is -0.131. The molecule has 2 radical (unpaired) electrons. The number of rotatable bonds is 1. The molecule has 0 heterocycles. The average Bonchev–Trinajstić information content (AvgIpc) is 1.99. The molecule has 62 valence electrons. The second-order valence-electron chi connectivity index (χ2n) is 2.05. The van der Waals surface area contributed by atoms with Crippen LogP contribution in [0, 0.1) is 10.1 Å². The Morgan fingerprint density at radius 2 is 2.17 bits per heavy atom. The maximum absolute atomic E-state index is 10.3. The van der Waals surface area contributed by atoms with Crippen LogP contribution in [0.5, 0.6) is 5.75 Å². The first kappa shape index (κ1) is 9.36. The molecule has 0 amide bonds. The molecule has 4 nitrogen and oxygen atoms in total. The van der Waals surface area contributed by atoms with Gasteiger partial charge in [-0.1, -0.05) is 0 Å². The van der Waals surface area contributed by atoms with Gasteiger partial charge in [-0.05, 0) is 0 Å². The van der Waals surface area contributed by atoms with Gasteiger partial charge in [-0.25, -0.2) is 0 Å². The van der Waals surface area contributed by atoms with Gasteiger partial charge >= 0.3 is 81.5 Å². The Morgan fingerprint density at radius 1 is 1.58 bits per heavy atom. The van der Waals surface area contributed by atoms with E-state index in [-0.39, 0.29) is 16.5 Å². The summed E-state index contributed by atoms with van der Waals surface area (Å²) in [6.45, 7) is 0. The third-order valence-corrected chi connectivity index (χ3v) is 2.24. The van der Waals surface area contributed by atoms with E-state index in [0.717, 1.165) is 6.07 Å². The van der Waals surface area contributed by atoms with Crippen LogP contribution in [0.4, 0.5) is 5.69 Å². The van der Waals surface area contributed by atoms with Crippen LogP contribution in [-0.4, -0.2) is 26.9 Å². The van der Waals surface area contributed by atoms with Crippen molar-refractivity contribution in [2.45, 2.75) is 0 Å². The van der Waals surface area contributed by atoms with Crippen LogP contribution in [0.2, 0.25) is 5.02 Å². The number of hydrogen-bond acceptors (Lipinski definition) is 3. The molecule has 0 aromatic heterocycles. The van der Waals surface area contributed by atoms with E-state index < -0.39 is 4.92 Å². The first-order chi connectivity index (χ1) is 5.52. The molecule has 6 heteroatoms. The van der Waals surface area contributed by atoms with Gasteiger partial charge in [0, 0.05) is 0 Å². The molecule has 0 aliphatic carbocycles. The summed E-state index contributed by atoms with van der Waals surface area (Å²) in [4.78, 5) is 9.71. The van der Waals surface area contributed by atoms with E-state index in [0.29, 0.717) is 4.35 Å². The molecule has 0 atom stereocenters. The van der Waals surface area contributed by atoms with Gasteiger partial charge in [0.25, 0.3) is 0 Å². The standard InChI is InChI=1S/C6H3AsClNO3/c7-4-1-3(9(11)12)2-5(8)6(4)10/h1-2,10H. The molecule has 1 aromatic rings. The van der Waals surface area contributed by atoms with E-state index in [4.69, 9.17) is 16.7 Å². The molecule has 1 aromatic carbocycles. The summed E-state index contributed by atoms with van der Waals surface area (Å²) in [5.74, 6) is -0.137. The van der Waals surface area contributed by atoms with Gasteiger partial charge < -0.3 is 0 Å². The van der Waals surface area contributed by atoms with E-state index in [1.54, 1.807) is 0 Å². The number of aromatic hydroxyl groups is 1. The van der Waals surface area contributed by atoms with Crippen LogP contribution in [0.1, 0.15) is 0 Å². The number of nitrogens with zero attached hydrogens (tertiary/aromatic N) is 1. The third-order valence-electron chi connectivity index (χ3n) is 1.24. The molecule has 0 saturated carbocycles. The fourth-order valence-electron chi connectivity index (χ4n) is 0.676. The minimum absolute atomic E-state index is 0.0141. The number of nitro groups is 1. The van der Waals surface area contributed by atoms with Gasteiger partial charge in [0.2, 0.25) is 0 Å². The van der Waals surface area contributed by atoms with E-state index >= 15 is 0 Å². The van der Waals surface area contributed by atoms with Crippen LogP contribution in [0.3, 0.4) is 0 Å². The Balaban J connectivity index is 3.31. The van der Waals surface area contributed by atoms with Crippen LogP contribution in [-0.2, 0) is 0 Å². The molecule has 0 aliphatic rings. The van der Waals surface area contributed by atoms with Crippen molar-refractivity contribution in [3.8, 4) is 5.75 Å². The molecule has 0 fully saturated rings. The van der Waals surface area contributed by atoms with Crippen molar-refractivity contribution in [1.82, 2.24) is 0 Å². The average molecular weight is 247 g/mol. The van der Waals surface area contributed by atoms with Gasteiger partial charge in [0.15, 0.2) is 0 Å². The summed E-state index contributed by atoms with van der Waals surface area (Å²) in [6.07, 6.45) is 0. The Labute approximate surface area is 81.8 Å². The first-order valence-electron chi connectivity index (χ1n) is 2.88. The molecule has 1 rings (SSSR count). The summed E-state index contributed by atoms with van der Waals surface area (Å²) in [6, 6.07) is 2.34. The van der Waals surface area contributed by atoms with Crippen molar-refractivity contribution in [3.63, 3.8) is 0 Å². The van der Waals surface area contributed by atoms with Crippen molar-refractivity contribution < 1.29 is 10.0 Å². The van der Waals surface area contributed by atoms with Crippen molar-refractivity contribution in [2.75, 3.05) is 0 Å². The second-order valence-corrected chi connectivity index (χ2v) is 3.47. The van der Waals surface area contributed by atoms with Gasteiger partial charge in [-0.3, -0.25) is 0 Å². The van der Waals surface area contributed by atoms with E-state index in [1.165, 1.54) is 6.07 Å². The normalized spacial score (nSPS) is 9.83. The topological polar surface area (TPSA) is 63.4 Å². The summed E-state index contributed by atoms with van der Waals surface area (Å²) >= 11 is 7.51. The Bertz CT molecular complexity index is 319. The molecule has 0 aliphatic heterocycles. The summed E-state index contributed by atoms with van der Waals surface area (Å²) in [5, 5.41) is 19.4. The van der Waals surface area contributed by atoms with Crippen LogP contribution >= 0.6 is 11.6 Å². The minimum atomic E-state index is -0.567. The third kappa shape index (κ3) is 1.71. The molecule has 1 N–H and O–H groups in total. The number of hydrogen-bond donors (Lipinski definition) is 1. The summed E-state index contributed by atoms with van der Waals surface area (Å²) < 4.78 is 0.335. The van der Waals surface area contributed by atoms with Crippen molar-refractivity contribution >= 4 is 38.5 Å². The van der Waals surface area contributed by atoms with Crippen molar-refractivity contribution in [1.29, 1.82) is 0 Å². The Hall–Kier alpha value is -0.732. The maximum atomic E-state index is 10.3. The Morgan fingerprint density at radius 3 is 2.58 bits per heavy atom. The molecule has 0 saturated heterocycles. The van der Waals surface area contributed by atoms with Crippen LogP contribution in [0.15, 0.2) is 12.1 Å². The van der Waals surface area contributed by atoms with Crippen LogP contribution in [0.25, 0.3) is 0 Å². The second kappa shape index (κ2) is 3.33. The van der Waals surface area contributed by atoms with E-state index in [1.807, 2.05) is 16.9 Å². The van der Waals surface area contributed by atoms with Gasteiger partial charge in [0.05, 0.1) is 0 Å². The number of non-ortho nitro benzene ring substituents is 1. The Kier molecular flexibility index (Phi) is 2.60. The zero-order chi connectivity index (χ0) is 9.30. The SMILES string of the molecule is O=[N+]([O-])c1cc(Cl)c(O)c([As])c1. The number of phenols is 1. The number of benzene rings is 1. The number of nitro benzene ring substituents is 1. The molecular formula is C6H3AsClNO3. The monoisotopic (exact) mass is 247 g/mol. The predicted octanol–water partition coefficient (Wildman–Crippen LogP) is 0.748. The molecule has 12 heavy (non-hydrogen) atoms. The zero-order valence-electron chi connectivity index (χ0n) is 5.69. The summed E-state index contributed by atoms with van der Waals surface area (Å²) in [7, 11) is 0. The fourth-order valence-corrected chi connectivity index (χ4v) is 1.56. The van der Waals surface area contributed by atoms with Crippen molar-refractivity contribution in [3.05, 3.63) is 27.3 Å². The van der Waals surface area contributed by atoms with Gasteiger partial charge in [-0.2, -0.15) is 0 Å². The van der Waals surface area contributed by atoms with E-state index in [9.17, 15) is 10.1 Å². The predicted molar refractivity (Wildman–Crippen MR) is 45.2 cm³/mol. The quantitative estimate of drug-likeness (QED) is 0.452. The zero-order valence-corrected chi connectivity index (χ0v) is 8.32. The molecule has 0 unspecified atom stereocenters. The van der Waals surface area contributed by atoms with E-state index in [2.05, 4.69) is 0 Å². The van der Waals surface area contributed by atoms with Crippen LogP contribution < -0.4 is 4.35 Å². The van der Waals surface area contributed by atoms with Gasteiger partial charge in [0.1, 0.15) is 0 Å². The fraction of sp³-hybridized carbons (Fsp3) is 0. The molecular weight excluding hydrogens is 244 g/mol. The number of phenolic OH excluding ortho intramolecular Hbond substituents is 1. The van der Waals surface area contributed by atoms with Gasteiger partial charge in [-0.15, -0.1) is 0 Å². The number of halogens is 1.